The van der Waals surface area contributed by atoms with Gasteiger partial charge in [0.25, 0.3) is 0 Å². The molecule has 6 heteroatoms. The van der Waals surface area contributed by atoms with Gasteiger partial charge in [0.05, 0.1) is 25.3 Å². The Morgan fingerprint density at radius 1 is 1.25 bits per heavy atom. The van der Waals surface area contributed by atoms with E-state index < -0.39 is 12.1 Å². The van der Waals surface area contributed by atoms with Crippen LogP contribution in [0.1, 0.15) is 18.1 Å². The Morgan fingerprint density at radius 3 is 2.35 bits per heavy atom. The molecule has 0 aliphatic heterocycles. The van der Waals surface area contributed by atoms with Gasteiger partial charge in [-0.25, -0.2) is 0 Å². The summed E-state index contributed by atoms with van der Waals surface area (Å²) in [6, 6.07) is 2.90. The molecule has 3 N–H and O–H groups in total. The van der Waals surface area contributed by atoms with Gasteiger partial charge in [0.1, 0.15) is 11.5 Å². The monoisotopic (exact) mass is 302 g/mol. The van der Waals surface area contributed by atoms with Crippen LogP contribution >= 0.6 is 11.6 Å². The van der Waals surface area contributed by atoms with Crippen LogP contribution in [0.2, 0.25) is 5.02 Å². The van der Waals surface area contributed by atoms with Crippen molar-refractivity contribution in [3.05, 3.63) is 22.7 Å². The number of methoxy groups -OCH3 is 2. The predicted molar refractivity (Wildman–Crippen MR) is 80.7 cm³/mol. The van der Waals surface area contributed by atoms with Crippen molar-refractivity contribution in [3.63, 3.8) is 0 Å². The molecule has 1 aromatic rings. The van der Waals surface area contributed by atoms with E-state index in [1.165, 1.54) is 14.2 Å². The summed E-state index contributed by atoms with van der Waals surface area (Å²) in [5.74, 6) is 1.01. The van der Waals surface area contributed by atoms with E-state index >= 15 is 0 Å². The molecule has 0 spiro atoms. The number of hydrogen-bond donors (Lipinski definition) is 2. The van der Waals surface area contributed by atoms with Crippen LogP contribution in [0.3, 0.4) is 0 Å². The van der Waals surface area contributed by atoms with Gasteiger partial charge in [0.2, 0.25) is 0 Å². The average Bonchev–Trinajstić information content (AvgIpc) is 2.43. The van der Waals surface area contributed by atoms with Gasteiger partial charge in [0, 0.05) is 17.7 Å². The van der Waals surface area contributed by atoms with Crippen LogP contribution in [0.25, 0.3) is 0 Å². The molecular formula is C14H23ClN2O3. The van der Waals surface area contributed by atoms with Gasteiger partial charge in [-0.2, -0.15) is 0 Å². The maximum absolute atomic E-state index is 10.4. The number of aliphatic hydroxyl groups excluding tert-OH is 1. The van der Waals surface area contributed by atoms with E-state index in [9.17, 15) is 5.11 Å². The van der Waals surface area contributed by atoms with E-state index in [4.69, 9.17) is 26.8 Å². The summed E-state index contributed by atoms with van der Waals surface area (Å²) < 4.78 is 10.4. The second-order valence-corrected chi connectivity index (χ2v) is 5.34. The summed E-state index contributed by atoms with van der Waals surface area (Å²) in [5, 5.41) is 10.8. The first-order valence-electron chi connectivity index (χ1n) is 6.40. The topological polar surface area (TPSA) is 67.9 Å². The van der Waals surface area contributed by atoms with Gasteiger partial charge in [-0.05, 0) is 33.1 Å². The van der Waals surface area contributed by atoms with Crippen LogP contribution < -0.4 is 15.2 Å². The summed E-state index contributed by atoms with van der Waals surface area (Å²) in [5.41, 5.74) is 6.61. The molecule has 0 radical (unpaired) electrons. The first-order chi connectivity index (χ1) is 9.40. The van der Waals surface area contributed by atoms with Crippen molar-refractivity contribution < 1.29 is 14.6 Å². The van der Waals surface area contributed by atoms with Crippen molar-refractivity contribution in [2.45, 2.75) is 18.6 Å². The van der Waals surface area contributed by atoms with Crippen LogP contribution in [0.4, 0.5) is 0 Å². The molecule has 0 fully saturated rings. The number of hydrogen-bond acceptors (Lipinski definition) is 5. The summed E-state index contributed by atoms with van der Waals surface area (Å²) in [6.07, 6.45) is -0.172. The Labute approximate surface area is 125 Å². The summed E-state index contributed by atoms with van der Waals surface area (Å²) in [4.78, 5) is 2.02. The number of rotatable bonds is 7. The third-order valence-corrected chi connectivity index (χ3v) is 3.43. The Balaban J connectivity index is 2.96. The van der Waals surface area contributed by atoms with Crippen molar-refractivity contribution >= 4 is 11.6 Å². The van der Waals surface area contributed by atoms with E-state index in [0.29, 0.717) is 28.5 Å². The fourth-order valence-corrected chi connectivity index (χ4v) is 2.16. The number of benzene rings is 1. The van der Waals surface area contributed by atoms with E-state index in [1.54, 1.807) is 12.1 Å². The van der Waals surface area contributed by atoms with Crippen molar-refractivity contribution in [3.8, 4) is 11.5 Å². The molecule has 1 aromatic carbocycles. The normalized spacial score (nSPS) is 14.2. The van der Waals surface area contributed by atoms with Crippen molar-refractivity contribution in [2.75, 3.05) is 34.9 Å². The van der Waals surface area contributed by atoms with Gasteiger partial charge >= 0.3 is 0 Å². The van der Waals surface area contributed by atoms with E-state index in [0.717, 1.165) is 6.54 Å². The molecular weight excluding hydrogens is 280 g/mol. The largest absolute Gasteiger partial charge is 0.496 e. The number of nitrogens with zero attached hydrogens (tertiary/aromatic N) is 1. The standard InChI is InChI=1S/C14H23ClN2O3/c1-17(2)6-5-11(16)14(18)9-7-10(15)13(20-4)8-12(9)19-3/h7-8,11,14,18H,5-6,16H2,1-4H3. The van der Waals surface area contributed by atoms with Crippen molar-refractivity contribution in [1.82, 2.24) is 4.90 Å². The highest BCUT2D eigenvalue weighted by atomic mass is 35.5. The maximum atomic E-state index is 10.4. The Morgan fingerprint density at radius 2 is 1.85 bits per heavy atom. The van der Waals surface area contributed by atoms with Crippen molar-refractivity contribution in [1.29, 1.82) is 0 Å². The first-order valence-corrected chi connectivity index (χ1v) is 6.78. The molecule has 114 valence electrons. The lowest BCUT2D eigenvalue weighted by atomic mass is 9.99. The van der Waals surface area contributed by atoms with Gasteiger partial charge in [0.15, 0.2) is 0 Å². The molecule has 2 atom stereocenters. The highest BCUT2D eigenvalue weighted by Gasteiger charge is 2.22. The SMILES string of the molecule is COc1cc(OC)c(C(O)C(N)CCN(C)C)cc1Cl. The zero-order valence-corrected chi connectivity index (χ0v) is 13.1. The smallest absolute Gasteiger partial charge is 0.141 e. The third-order valence-electron chi connectivity index (χ3n) is 3.14. The maximum Gasteiger partial charge on any atom is 0.141 e. The Bertz CT molecular complexity index is 441. The van der Waals surface area contributed by atoms with Gasteiger partial charge in [-0.1, -0.05) is 11.6 Å². The van der Waals surface area contributed by atoms with E-state index in [2.05, 4.69) is 0 Å². The molecule has 0 bridgehead atoms. The predicted octanol–water partition coefficient (Wildman–Crippen LogP) is 1.67. The minimum Gasteiger partial charge on any atom is -0.496 e. The van der Waals surface area contributed by atoms with Crippen molar-refractivity contribution in [2.24, 2.45) is 5.73 Å². The van der Waals surface area contributed by atoms with Crippen LogP contribution in [-0.2, 0) is 0 Å². The van der Waals surface area contributed by atoms with Crippen LogP contribution in [-0.4, -0.2) is 50.9 Å². The molecule has 20 heavy (non-hydrogen) atoms. The van der Waals surface area contributed by atoms with Crippen LogP contribution in [0.15, 0.2) is 12.1 Å². The Kier molecular flexibility index (Phi) is 6.55. The highest BCUT2D eigenvalue weighted by Crippen LogP contribution is 2.36. The molecule has 2 unspecified atom stereocenters. The molecule has 0 aliphatic rings. The van der Waals surface area contributed by atoms with Crippen LogP contribution in [0.5, 0.6) is 11.5 Å². The molecule has 0 heterocycles. The molecule has 0 aromatic heterocycles. The summed E-state index contributed by atoms with van der Waals surface area (Å²) in [7, 11) is 6.98. The molecule has 1 rings (SSSR count). The minimum absolute atomic E-state index is 0.393. The lowest BCUT2D eigenvalue weighted by Crippen LogP contribution is -2.32. The minimum atomic E-state index is -0.840. The second kappa shape index (κ2) is 7.69. The lowest BCUT2D eigenvalue weighted by Gasteiger charge is -2.23. The van der Waals surface area contributed by atoms with Crippen LogP contribution in [0, 0.1) is 0 Å². The molecule has 5 nitrogen and oxygen atoms in total. The molecule has 0 saturated heterocycles. The molecule has 0 amide bonds. The van der Waals surface area contributed by atoms with Gasteiger partial charge in [-0.3, -0.25) is 0 Å². The first kappa shape index (κ1) is 17.0. The van der Waals surface area contributed by atoms with Gasteiger partial charge < -0.3 is 25.2 Å². The zero-order chi connectivity index (χ0) is 15.3. The fourth-order valence-electron chi connectivity index (χ4n) is 1.91. The Hall–Kier alpha value is -1.01. The fraction of sp³-hybridized carbons (Fsp3) is 0.571. The number of nitrogens with two attached hydrogens (primary N) is 1. The van der Waals surface area contributed by atoms with E-state index in [-0.39, 0.29) is 0 Å². The molecule has 0 aliphatic carbocycles. The van der Waals surface area contributed by atoms with Gasteiger partial charge in [-0.15, -0.1) is 0 Å². The lowest BCUT2D eigenvalue weighted by molar-refractivity contribution is 0.134. The quantitative estimate of drug-likeness (QED) is 0.802. The number of aliphatic hydroxyl groups is 1. The second-order valence-electron chi connectivity index (χ2n) is 4.93. The zero-order valence-electron chi connectivity index (χ0n) is 12.4. The highest BCUT2D eigenvalue weighted by molar-refractivity contribution is 6.32. The summed E-state index contributed by atoms with van der Waals surface area (Å²) >= 11 is 6.09. The third kappa shape index (κ3) is 4.24. The average molecular weight is 303 g/mol. The number of halogens is 1. The molecule has 0 saturated carbocycles. The summed E-state index contributed by atoms with van der Waals surface area (Å²) in [6.45, 7) is 0.796. The number of ether oxygens (including phenoxy) is 2. The van der Waals surface area contributed by atoms with E-state index in [1.807, 2.05) is 19.0 Å².